The molecule has 0 atom stereocenters. The quantitative estimate of drug-likeness (QED) is 0.600. The molecule has 2 heterocycles. The number of para-hydroxylation sites is 1. The van der Waals surface area contributed by atoms with Gasteiger partial charge in [0.15, 0.2) is 0 Å². The Labute approximate surface area is 173 Å². The smallest absolute Gasteiger partial charge is 0.312 e. The molecule has 0 spiro atoms. The Morgan fingerprint density at radius 1 is 1.17 bits per heavy atom. The van der Waals surface area contributed by atoms with Crippen molar-refractivity contribution in [2.24, 2.45) is 5.41 Å². The van der Waals surface area contributed by atoms with Gasteiger partial charge in [0, 0.05) is 24.3 Å². The molecule has 0 unspecified atom stereocenters. The normalized spacial score (nSPS) is 16.5. The van der Waals surface area contributed by atoms with Crippen molar-refractivity contribution in [1.82, 2.24) is 14.7 Å². The standard InChI is InChI=1S/C23H33N3O3/c1-4-26-19(3)20(17-24-26)18-25-14-11-23(12-15-25,22(27)28-5-2)13-16-29-21-9-7-6-8-10-21/h6-10,17H,4-5,11-16,18H2,1-3H3. The first kappa shape index (κ1) is 21.4. The number of hydrogen-bond acceptors (Lipinski definition) is 5. The Morgan fingerprint density at radius 3 is 2.52 bits per heavy atom. The van der Waals surface area contributed by atoms with Gasteiger partial charge in [-0.2, -0.15) is 5.10 Å². The number of carbonyl (C=O) groups is 1. The molecule has 1 aromatic carbocycles. The maximum atomic E-state index is 12.8. The number of likely N-dealkylation sites (tertiary alicyclic amines) is 1. The van der Waals surface area contributed by atoms with E-state index in [1.54, 1.807) is 0 Å². The van der Waals surface area contributed by atoms with Crippen LogP contribution in [0.1, 0.15) is 44.4 Å². The summed E-state index contributed by atoms with van der Waals surface area (Å²) in [6.45, 7) is 10.6. The average molecular weight is 400 g/mol. The number of ether oxygens (including phenoxy) is 2. The third-order valence-electron chi connectivity index (χ3n) is 6.01. The third-order valence-corrected chi connectivity index (χ3v) is 6.01. The maximum Gasteiger partial charge on any atom is 0.312 e. The number of carbonyl (C=O) groups excluding carboxylic acids is 1. The predicted octanol–water partition coefficient (Wildman–Crippen LogP) is 3.83. The van der Waals surface area contributed by atoms with Crippen LogP contribution in [-0.4, -0.2) is 47.0 Å². The average Bonchev–Trinajstić information content (AvgIpc) is 3.09. The third kappa shape index (κ3) is 5.18. The lowest BCUT2D eigenvalue weighted by molar-refractivity contribution is -0.159. The monoisotopic (exact) mass is 399 g/mol. The molecule has 6 heteroatoms. The van der Waals surface area contributed by atoms with Gasteiger partial charge in [-0.1, -0.05) is 18.2 Å². The number of rotatable bonds is 9. The molecule has 1 fully saturated rings. The Hall–Kier alpha value is -2.34. The molecule has 1 saturated heterocycles. The van der Waals surface area contributed by atoms with Crippen LogP contribution < -0.4 is 4.74 Å². The summed E-state index contributed by atoms with van der Waals surface area (Å²) in [5.74, 6) is 0.763. The minimum absolute atomic E-state index is 0.0775. The van der Waals surface area contributed by atoms with Crippen molar-refractivity contribution in [1.29, 1.82) is 0 Å². The molecule has 2 aromatic rings. The molecule has 3 rings (SSSR count). The van der Waals surface area contributed by atoms with Crippen LogP contribution in [0.2, 0.25) is 0 Å². The van der Waals surface area contributed by atoms with Gasteiger partial charge >= 0.3 is 5.97 Å². The number of esters is 1. The highest BCUT2D eigenvalue weighted by atomic mass is 16.5. The van der Waals surface area contributed by atoms with E-state index in [9.17, 15) is 4.79 Å². The molecule has 0 radical (unpaired) electrons. The summed E-state index contributed by atoms with van der Waals surface area (Å²) < 4.78 is 13.4. The van der Waals surface area contributed by atoms with E-state index in [0.29, 0.717) is 19.6 Å². The van der Waals surface area contributed by atoms with Crippen molar-refractivity contribution in [3.05, 3.63) is 47.8 Å². The molecule has 0 amide bonds. The summed E-state index contributed by atoms with van der Waals surface area (Å²) in [5, 5.41) is 4.45. The van der Waals surface area contributed by atoms with Gasteiger partial charge in [-0.25, -0.2) is 0 Å². The zero-order chi connectivity index (χ0) is 20.7. The molecule has 158 valence electrons. The highest BCUT2D eigenvalue weighted by Gasteiger charge is 2.42. The van der Waals surface area contributed by atoms with Gasteiger partial charge < -0.3 is 9.47 Å². The first-order chi connectivity index (χ1) is 14.1. The zero-order valence-corrected chi connectivity index (χ0v) is 17.9. The van der Waals surface area contributed by atoms with Crippen molar-refractivity contribution in [2.75, 3.05) is 26.3 Å². The van der Waals surface area contributed by atoms with Gasteiger partial charge in [-0.05, 0) is 65.3 Å². The van der Waals surface area contributed by atoms with Crippen LogP contribution in [0, 0.1) is 12.3 Å². The predicted molar refractivity (Wildman–Crippen MR) is 113 cm³/mol. The zero-order valence-electron chi connectivity index (χ0n) is 17.9. The molecule has 1 aliphatic rings. The molecule has 0 N–H and O–H groups in total. The number of nitrogens with zero attached hydrogens (tertiary/aromatic N) is 3. The van der Waals surface area contributed by atoms with Crippen LogP contribution in [0.4, 0.5) is 0 Å². The second-order valence-corrected chi connectivity index (χ2v) is 7.76. The van der Waals surface area contributed by atoms with Crippen molar-refractivity contribution >= 4 is 5.97 Å². The first-order valence-corrected chi connectivity index (χ1v) is 10.7. The fourth-order valence-electron chi connectivity index (χ4n) is 4.06. The van der Waals surface area contributed by atoms with Gasteiger partial charge in [0.25, 0.3) is 0 Å². The van der Waals surface area contributed by atoms with Crippen LogP contribution in [-0.2, 0) is 22.6 Å². The number of hydrogen-bond donors (Lipinski definition) is 0. The molecule has 29 heavy (non-hydrogen) atoms. The van der Waals surface area contributed by atoms with E-state index in [1.807, 2.05) is 48.1 Å². The second-order valence-electron chi connectivity index (χ2n) is 7.76. The van der Waals surface area contributed by atoms with Gasteiger partial charge in [0.1, 0.15) is 5.75 Å². The molecule has 0 aliphatic carbocycles. The Bertz CT molecular complexity index is 780. The molecule has 1 aliphatic heterocycles. The minimum atomic E-state index is -0.454. The van der Waals surface area contributed by atoms with Crippen molar-refractivity contribution in [2.45, 2.75) is 53.1 Å². The summed E-state index contributed by atoms with van der Waals surface area (Å²) in [6.07, 6.45) is 4.25. The summed E-state index contributed by atoms with van der Waals surface area (Å²) in [7, 11) is 0. The van der Waals surface area contributed by atoms with Crippen molar-refractivity contribution < 1.29 is 14.3 Å². The Morgan fingerprint density at radius 2 is 1.90 bits per heavy atom. The number of benzene rings is 1. The van der Waals surface area contributed by atoms with Crippen LogP contribution in [0.25, 0.3) is 0 Å². The van der Waals surface area contributed by atoms with Gasteiger partial charge in [0.05, 0.1) is 24.8 Å². The summed E-state index contributed by atoms with van der Waals surface area (Å²) in [6, 6.07) is 9.76. The minimum Gasteiger partial charge on any atom is -0.494 e. The molecule has 0 saturated carbocycles. The topological polar surface area (TPSA) is 56.6 Å². The highest BCUT2D eigenvalue weighted by Crippen LogP contribution is 2.37. The van der Waals surface area contributed by atoms with E-state index in [2.05, 4.69) is 23.8 Å². The van der Waals surface area contributed by atoms with E-state index in [4.69, 9.17) is 9.47 Å². The fourth-order valence-corrected chi connectivity index (χ4v) is 4.06. The number of aromatic nitrogens is 2. The summed E-state index contributed by atoms with van der Waals surface area (Å²) in [5.41, 5.74) is 2.04. The largest absolute Gasteiger partial charge is 0.494 e. The number of aryl methyl sites for hydroxylation is 1. The van der Waals surface area contributed by atoms with E-state index >= 15 is 0 Å². The Balaban J connectivity index is 1.59. The van der Waals surface area contributed by atoms with E-state index in [0.717, 1.165) is 44.8 Å². The van der Waals surface area contributed by atoms with Crippen LogP contribution in [0.5, 0.6) is 5.75 Å². The first-order valence-electron chi connectivity index (χ1n) is 10.7. The van der Waals surface area contributed by atoms with Crippen molar-refractivity contribution in [3.63, 3.8) is 0 Å². The summed E-state index contributed by atoms with van der Waals surface area (Å²) >= 11 is 0. The van der Waals surface area contributed by atoms with Crippen LogP contribution >= 0.6 is 0 Å². The highest BCUT2D eigenvalue weighted by molar-refractivity contribution is 5.77. The fraction of sp³-hybridized carbons (Fsp3) is 0.565. The SMILES string of the molecule is CCOC(=O)C1(CCOc2ccccc2)CCN(Cc2cnn(CC)c2C)CC1. The summed E-state index contributed by atoms with van der Waals surface area (Å²) in [4.78, 5) is 15.2. The van der Waals surface area contributed by atoms with Gasteiger partial charge in [0.2, 0.25) is 0 Å². The lowest BCUT2D eigenvalue weighted by Gasteiger charge is -2.39. The van der Waals surface area contributed by atoms with Crippen LogP contribution in [0.15, 0.2) is 36.5 Å². The van der Waals surface area contributed by atoms with Crippen molar-refractivity contribution in [3.8, 4) is 5.75 Å². The van der Waals surface area contributed by atoms with E-state index < -0.39 is 5.41 Å². The number of piperidine rings is 1. The molecule has 1 aromatic heterocycles. The molecule has 6 nitrogen and oxygen atoms in total. The van der Waals surface area contributed by atoms with Gasteiger partial charge in [-0.15, -0.1) is 0 Å². The van der Waals surface area contributed by atoms with E-state index in [-0.39, 0.29) is 5.97 Å². The molecular weight excluding hydrogens is 366 g/mol. The Kier molecular flexibility index (Phi) is 7.31. The van der Waals surface area contributed by atoms with E-state index in [1.165, 1.54) is 11.3 Å². The van der Waals surface area contributed by atoms with Gasteiger partial charge in [-0.3, -0.25) is 14.4 Å². The second kappa shape index (κ2) is 9.92. The lowest BCUT2D eigenvalue weighted by Crippen LogP contribution is -2.45. The van der Waals surface area contributed by atoms with Crippen LogP contribution in [0.3, 0.4) is 0 Å². The molecular formula is C23H33N3O3. The lowest BCUT2D eigenvalue weighted by atomic mass is 9.75. The maximum absolute atomic E-state index is 12.8. The molecule has 0 bridgehead atoms.